The fourth-order valence-electron chi connectivity index (χ4n) is 1.56. The summed E-state index contributed by atoms with van der Waals surface area (Å²) in [6, 6.07) is 0. The lowest BCUT2D eigenvalue weighted by Crippen LogP contribution is -2.09. The summed E-state index contributed by atoms with van der Waals surface area (Å²) in [5, 5.41) is 6.21. The monoisotopic (exact) mass is 278 g/mol. The molecule has 0 aliphatic heterocycles. The molecule has 6 heteroatoms. The van der Waals surface area contributed by atoms with E-state index in [0.717, 1.165) is 13.0 Å². The van der Waals surface area contributed by atoms with Gasteiger partial charge in [0, 0.05) is 22.3 Å². The summed E-state index contributed by atoms with van der Waals surface area (Å²) >= 11 is 6.16. The van der Waals surface area contributed by atoms with E-state index in [0.29, 0.717) is 16.3 Å². The second-order valence-corrected chi connectivity index (χ2v) is 4.21. The average Bonchev–Trinajstić information content (AvgIpc) is 2.59. The van der Waals surface area contributed by atoms with Crippen molar-refractivity contribution in [1.29, 1.82) is 0 Å². The van der Waals surface area contributed by atoms with Gasteiger partial charge in [-0.2, -0.15) is 0 Å². The second kappa shape index (κ2) is 7.56. The van der Waals surface area contributed by atoms with Crippen LogP contribution in [0.2, 0.25) is 0 Å². The number of nitrogens with zero attached hydrogens (tertiary/aromatic N) is 3. The van der Waals surface area contributed by atoms with Crippen molar-refractivity contribution in [3.63, 3.8) is 0 Å². The highest BCUT2D eigenvalue weighted by Crippen LogP contribution is 2.27. The SMILES string of the molecule is C=NC(N=O)=NC(=C)C1=CCC(CNC)=CC=C1Cl. The van der Waals surface area contributed by atoms with Gasteiger partial charge in [0.2, 0.25) is 0 Å². The van der Waals surface area contributed by atoms with Gasteiger partial charge in [-0.05, 0) is 26.3 Å². The van der Waals surface area contributed by atoms with Gasteiger partial charge in [-0.25, -0.2) is 9.98 Å². The van der Waals surface area contributed by atoms with Crippen molar-refractivity contribution >= 4 is 24.3 Å². The van der Waals surface area contributed by atoms with Crippen LogP contribution in [-0.4, -0.2) is 26.3 Å². The van der Waals surface area contributed by atoms with Crippen LogP contribution in [0.15, 0.2) is 61.8 Å². The van der Waals surface area contributed by atoms with E-state index in [1.54, 1.807) is 6.08 Å². The Kier molecular flexibility index (Phi) is 6.05. The summed E-state index contributed by atoms with van der Waals surface area (Å²) < 4.78 is 0. The van der Waals surface area contributed by atoms with E-state index in [1.807, 2.05) is 19.2 Å². The number of guanidine groups is 1. The van der Waals surface area contributed by atoms with E-state index in [-0.39, 0.29) is 5.96 Å². The highest BCUT2D eigenvalue weighted by molar-refractivity contribution is 6.32. The first-order valence-electron chi connectivity index (χ1n) is 5.60. The number of hydrogen-bond acceptors (Lipinski definition) is 3. The number of nitroso groups, excluding NO2 is 1. The summed E-state index contributed by atoms with van der Waals surface area (Å²) in [7, 11) is 1.88. The molecule has 1 N–H and O–H groups in total. The summed E-state index contributed by atoms with van der Waals surface area (Å²) in [6.45, 7) is 7.75. The Morgan fingerprint density at radius 3 is 2.84 bits per heavy atom. The number of hydrogen-bond donors (Lipinski definition) is 1. The van der Waals surface area contributed by atoms with Crippen LogP contribution in [-0.2, 0) is 0 Å². The predicted octanol–water partition coefficient (Wildman–Crippen LogP) is 2.92. The fourth-order valence-corrected chi connectivity index (χ4v) is 1.81. The van der Waals surface area contributed by atoms with E-state index in [1.165, 1.54) is 5.57 Å². The third kappa shape index (κ3) is 4.39. The smallest absolute Gasteiger partial charge is 0.290 e. The summed E-state index contributed by atoms with van der Waals surface area (Å²) in [5.41, 5.74) is 2.18. The third-order valence-electron chi connectivity index (χ3n) is 2.46. The van der Waals surface area contributed by atoms with Crippen LogP contribution < -0.4 is 5.32 Å². The molecule has 0 aromatic rings. The lowest BCUT2D eigenvalue weighted by Gasteiger charge is -2.04. The minimum atomic E-state index is -0.261. The van der Waals surface area contributed by atoms with Gasteiger partial charge in [0.15, 0.2) is 0 Å². The molecule has 0 heterocycles. The Bertz CT molecular complexity index is 505. The Morgan fingerprint density at radius 2 is 2.26 bits per heavy atom. The summed E-state index contributed by atoms with van der Waals surface area (Å²) in [6.07, 6.45) is 6.36. The maximum Gasteiger partial charge on any atom is 0.290 e. The van der Waals surface area contributed by atoms with Crippen LogP contribution in [0.4, 0.5) is 0 Å². The summed E-state index contributed by atoms with van der Waals surface area (Å²) in [4.78, 5) is 17.7. The zero-order valence-corrected chi connectivity index (χ0v) is 11.4. The van der Waals surface area contributed by atoms with Crippen LogP contribution in [0.1, 0.15) is 6.42 Å². The quantitative estimate of drug-likeness (QED) is 0.488. The highest BCUT2D eigenvalue weighted by atomic mass is 35.5. The van der Waals surface area contributed by atoms with Gasteiger partial charge in [-0.3, -0.25) is 0 Å². The lowest BCUT2D eigenvalue weighted by atomic mass is 10.1. The molecule has 0 saturated carbocycles. The number of allylic oxidation sites excluding steroid dienone is 4. The average molecular weight is 279 g/mol. The Balaban J connectivity index is 2.97. The van der Waals surface area contributed by atoms with Gasteiger partial charge in [-0.1, -0.05) is 35.9 Å². The maximum atomic E-state index is 10.4. The van der Waals surface area contributed by atoms with Crippen LogP contribution in [0, 0.1) is 4.91 Å². The first kappa shape index (κ1) is 15.2. The van der Waals surface area contributed by atoms with Crippen LogP contribution in [0.25, 0.3) is 0 Å². The van der Waals surface area contributed by atoms with Crippen molar-refractivity contribution in [2.24, 2.45) is 15.2 Å². The topological polar surface area (TPSA) is 66.2 Å². The molecule has 1 aliphatic carbocycles. The number of rotatable bonds is 4. The molecule has 0 saturated heterocycles. The predicted molar refractivity (Wildman–Crippen MR) is 80.6 cm³/mol. The van der Waals surface area contributed by atoms with E-state index in [9.17, 15) is 4.91 Å². The number of nitrogens with one attached hydrogen (secondary N) is 1. The number of aliphatic imine (C=N–C) groups is 2. The normalized spacial score (nSPS) is 15.9. The molecule has 19 heavy (non-hydrogen) atoms. The van der Waals surface area contributed by atoms with Crippen LogP contribution in [0.5, 0.6) is 0 Å². The molecule has 0 amide bonds. The number of likely N-dealkylation sites (N-methyl/N-ethyl adjacent to an activating group) is 1. The zero-order chi connectivity index (χ0) is 14.3. The fraction of sp³-hybridized carbons (Fsp3) is 0.231. The Labute approximate surface area is 117 Å². The lowest BCUT2D eigenvalue weighted by molar-refractivity contribution is 0.861. The molecule has 100 valence electrons. The van der Waals surface area contributed by atoms with E-state index < -0.39 is 0 Å². The van der Waals surface area contributed by atoms with Crippen LogP contribution in [0.3, 0.4) is 0 Å². The molecule has 0 fully saturated rings. The molecular weight excluding hydrogens is 264 g/mol. The molecule has 5 nitrogen and oxygen atoms in total. The van der Waals surface area contributed by atoms with Gasteiger partial charge in [0.05, 0.1) is 5.70 Å². The molecule has 0 aromatic heterocycles. The van der Waals surface area contributed by atoms with Gasteiger partial charge in [0.1, 0.15) is 0 Å². The maximum absolute atomic E-state index is 10.4. The molecule has 0 radical (unpaired) electrons. The minimum absolute atomic E-state index is 0.261. The van der Waals surface area contributed by atoms with Gasteiger partial charge in [-0.15, -0.1) is 4.91 Å². The molecule has 0 bridgehead atoms. The second-order valence-electron chi connectivity index (χ2n) is 3.80. The van der Waals surface area contributed by atoms with Crippen molar-refractivity contribution in [1.82, 2.24) is 5.32 Å². The molecule has 0 unspecified atom stereocenters. The van der Waals surface area contributed by atoms with Crippen molar-refractivity contribution in [2.75, 3.05) is 13.6 Å². The molecule has 0 spiro atoms. The molecular formula is C13H15ClN4O. The number of halogens is 1. The van der Waals surface area contributed by atoms with Crippen LogP contribution >= 0.6 is 11.6 Å². The first-order valence-corrected chi connectivity index (χ1v) is 5.98. The minimum Gasteiger partial charge on any atom is -0.316 e. The molecule has 1 rings (SSSR count). The van der Waals surface area contributed by atoms with Gasteiger partial charge < -0.3 is 5.32 Å². The van der Waals surface area contributed by atoms with Gasteiger partial charge in [0.25, 0.3) is 5.96 Å². The summed E-state index contributed by atoms with van der Waals surface area (Å²) in [5.74, 6) is -0.261. The van der Waals surface area contributed by atoms with Crippen molar-refractivity contribution < 1.29 is 0 Å². The Morgan fingerprint density at radius 1 is 1.53 bits per heavy atom. The van der Waals surface area contributed by atoms with Gasteiger partial charge >= 0.3 is 0 Å². The van der Waals surface area contributed by atoms with E-state index >= 15 is 0 Å². The van der Waals surface area contributed by atoms with Crippen molar-refractivity contribution in [3.8, 4) is 0 Å². The standard InChI is InChI=1S/C13H15ClN4O/c1-9(17-13(16-3)18-19)11-6-4-10(8-15-2)5-7-12(11)14/h5-7,15H,1,3-4,8H2,2H3. The first-order chi connectivity index (χ1) is 9.12. The molecule has 0 atom stereocenters. The zero-order valence-electron chi connectivity index (χ0n) is 10.7. The highest BCUT2D eigenvalue weighted by Gasteiger charge is 2.10. The van der Waals surface area contributed by atoms with Crippen molar-refractivity contribution in [3.05, 3.63) is 51.6 Å². The molecule has 1 aliphatic rings. The third-order valence-corrected chi connectivity index (χ3v) is 2.79. The van der Waals surface area contributed by atoms with E-state index in [2.05, 4.69) is 33.8 Å². The van der Waals surface area contributed by atoms with Crippen molar-refractivity contribution in [2.45, 2.75) is 6.42 Å². The largest absolute Gasteiger partial charge is 0.316 e. The van der Waals surface area contributed by atoms with E-state index in [4.69, 9.17) is 11.6 Å². The Hall–Kier alpha value is -1.85. The molecule has 0 aromatic carbocycles.